The van der Waals surface area contributed by atoms with Crippen molar-refractivity contribution < 1.29 is 17.9 Å². The van der Waals surface area contributed by atoms with Crippen molar-refractivity contribution in [3.05, 3.63) is 90.0 Å². The second-order valence-electron chi connectivity index (χ2n) is 5.90. The summed E-state index contributed by atoms with van der Waals surface area (Å²) in [6.07, 6.45) is 0. The number of nitrogens with zero attached hydrogens (tertiary/aromatic N) is 1. The number of carbonyl (C=O) groups excluding carboxylic acids is 1. The quantitative estimate of drug-likeness (QED) is 0.669. The smallest absolute Gasteiger partial charge is 0.272 e. The van der Waals surface area contributed by atoms with Crippen molar-refractivity contribution in [3.8, 4) is 5.75 Å². The Bertz CT molecular complexity index is 1050. The van der Waals surface area contributed by atoms with Gasteiger partial charge in [0, 0.05) is 5.56 Å². The van der Waals surface area contributed by atoms with Crippen molar-refractivity contribution in [2.75, 3.05) is 11.4 Å². The normalized spacial score (nSPS) is 11.0. The van der Waals surface area contributed by atoms with Crippen LogP contribution >= 0.6 is 0 Å². The number of hydrogen-bond acceptors (Lipinski definition) is 4. The van der Waals surface area contributed by atoms with Gasteiger partial charge in [-0.05, 0) is 55.0 Å². The predicted molar refractivity (Wildman–Crippen MR) is 105 cm³/mol. The van der Waals surface area contributed by atoms with Gasteiger partial charge in [-0.3, -0.25) is 4.79 Å². The number of sulfonamides is 1. The summed E-state index contributed by atoms with van der Waals surface area (Å²) in [4.78, 5) is 13.3. The highest BCUT2D eigenvalue weighted by Gasteiger charge is 2.32. The molecular weight excluding hydrogens is 362 g/mol. The molecule has 0 aliphatic carbocycles. The van der Waals surface area contributed by atoms with Crippen LogP contribution in [-0.2, 0) is 10.0 Å². The van der Waals surface area contributed by atoms with E-state index in [2.05, 4.69) is 0 Å². The lowest BCUT2D eigenvalue weighted by Crippen LogP contribution is -2.37. The number of aryl methyl sites for hydroxylation is 1. The molecule has 3 rings (SSSR count). The Balaban J connectivity index is 2.17. The van der Waals surface area contributed by atoms with E-state index < -0.39 is 15.9 Å². The van der Waals surface area contributed by atoms with Gasteiger partial charge in [0.1, 0.15) is 5.75 Å². The van der Waals surface area contributed by atoms with Gasteiger partial charge >= 0.3 is 0 Å². The topological polar surface area (TPSA) is 63.7 Å². The Kier molecular flexibility index (Phi) is 5.28. The zero-order valence-corrected chi connectivity index (χ0v) is 15.8. The number of methoxy groups -OCH3 is 1. The molecule has 0 fully saturated rings. The summed E-state index contributed by atoms with van der Waals surface area (Å²) in [5.41, 5.74) is 1.27. The van der Waals surface area contributed by atoms with Crippen LogP contribution in [0, 0.1) is 6.92 Å². The van der Waals surface area contributed by atoms with E-state index in [1.165, 1.54) is 19.2 Å². The van der Waals surface area contributed by atoms with Crippen LogP contribution in [0.4, 0.5) is 5.69 Å². The molecule has 3 aromatic rings. The Morgan fingerprint density at radius 3 is 2.04 bits per heavy atom. The first-order chi connectivity index (χ1) is 12.9. The average Bonchev–Trinajstić information content (AvgIpc) is 2.69. The molecule has 0 unspecified atom stereocenters. The van der Waals surface area contributed by atoms with E-state index >= 15 is 0 Å². The third-order valence-electron chi connectivity index (χ3n) is 4.15. The van der Waals surface area contributed by atoms with Gasteiger partial charge in [-0.15, -0.1) is 0 Å². The maximum absolute atomic E-state index is 13.3. The van der Waals surface area contributed by atoms with Crippen molar-refractivity contribution in [2.24, 2.45) is 0 Å². The SMILES string of the molecule is COc1ccc(N(C(=O)c2ccccc2C)S(=O)(=O)c2ccccc2)cc1. The van der Waals surface area contributed by atoms with Crippen LogP contribution < -0.4 is 9.04 Å². The highest BCUT2D eigenvalue weighted by atomic mass is 32.2. The Labute approximate surface area is 158 Å². The fourth-order valence-electron chi connectivity index (χ4n) is 2.70. The zero-order chi connectivity index (χ0) is 19.4. The van der Waals surface area contributed by atoms with E-state index in [0.717, 1.165) is 4.31 Å². The summed E-state index contributed by atoms with van der Waals surface area (Å²) in [5, 5.41) is 0. The molecular formula is C21H19NO4S. The van der Waals surface area contributed by atoms with E-state index in [-0.39, 0.29) is 10.6 Å². The monoisotopic (exact) mass is 381 g/mol. The van der Waals surface area contributed by atoms with Crippen LogP contribution in [0.3, 0.4) is 0 Å². The molecule has 0 aliphatic heterocycles. The van der Waals surface area contributed by atoms with Gasteiger partial charge in [-0.2, -0.15) is 4.31 Å². The van der Waals surface area contributed by atoms with Gasteiger partial charge in [0.15, 0.2) is 0 Å². The fraction of sp³-hybridized carbons (Fsp3) is 0.0952. The van der Waals surface area contributed by atoms with Crippen molar-refractivity contribution in [1.82, 2.24) is 0 Å². The Hall–Kier alpha value is -3.12. The number of anilines is 1. The minimum absolute atomic E-state index is 0.0442. The summed E-state index contributed by atoms with van der Waals surface area (Å²) in [7, 11) is -2.58. The molecule has 27 heavy (non-hydrogen) atoms. The minimum Gasteiger partial charge on any atom is -0.497 e. The van der Waals surface area contributed by atoms with Crippen LogP contribution in [0.1, 0.15) is 15.9 Å². The molecule has 1 amide bonds. The standard InChI is InChI=1S/C21H19NO4S/c1-16-8-6-7-11-20(16)21(23)22(17-12-14-18(26-2)15-13-17)27(24,25)19-9-4-3-5-10-19/h3-15H,1-2H3. The van der Waals surface area contributed by atoms with Gasteiger partial charge in [0.25, 0.3) is 15.9 Å². The van der Waals surface area contributed by atoms with E-state index in [0.29, 0.717) is 16.9 Å². The minimum atomic E-state index is -4.09. The third-order valence-corrected chi connectivity index (χ3v) is 5.87. The number of hydrogen-bond donors (Lipinski definition) is 0. The summed E-state index contributed by atoms with van der Waals surface area (Å²) in [6, 6.07) is 21.1. The van der Waals surface area contributed by atoms with E-state index in [1.807, 2.05) is 0 Å². The second kappa shape index (κ2) is 7.63. The van der Waals surface area contributed by atoms with Crippen molar-refractivity contribution in [2.45, 2.75) is 11.8 Å². The summed E-state index contributed by atoms with van der Waals surface area (Å²) in [5.74, 6) is -0.0405. The number of amides is 1. The van der Waals surface area contributed by atoms with Gasteiger partial charge in [-0.1, -0.05) is 36.4 Å². The number of rotatable bonds is 5. The number of benzene rings is 3. The molecule has 0 aliphatic rings. The lowest BCUT2D eigenvalue weighted by Gasteiger charge is -2.23. The van der Waals surface area contributed by atoms with E-state index in [4.69, 9.17) is 4.74 Å². The Morgan fingerprint density at radius 1 is 0.852 bits per heavy atom. The van der Waals surface area contributed by atoms with E-state index in [1.54, 1.807) is 73.7 Å². The lowest BCUT2D eigenvalue weighted by molar-refractivity contribution is 0.100. The summed E-state index contributed by atoms with van der Waals surface area (Å²) >= 11 is 0. The molecule has 0 spiro atoms. The molecule has 0 saturated carbocycles. The summed E-state index contributed by atoms with van der Waals surface area (Å²) < 4.78 is 32.5. The van der Waals surface area contributed by atoms with Crippen molar-refractivity contribution in [1.29, 1.82) is 0 Å². The Morgan fingerprint density at radius 2 is 1.44 bits per heavy atom. The van der Waals surface area contributed by atoms with Gasteiger partial charge in [-0.25, -0.2) is 8.42 Å². The molecule has 6 heteroatoms. The molecule has 0 atom stereocenters. The number of carbonyl (C=O) groups is 1. The van der Waals surface area contributed by atoms with Crippen LogP contribution in [0.5, 0.6) is 5.75 Å². The van der Waals surface area contributed by atoms with Crippen molar-refractivity contribution in [3.63, 3.8) is 0 Å². The van der Waals surface area contributed by atoms with Gasteiger partial charge < -0.3 is 4.74 Å². The van der Waals surface area contributed by atoms with Gasteiger partial charge in [0.05, 0.1) is 17.7 Å². The highest BCUT2D eigenvalue weighted by molar-refractivity contribution is 7.93. The molecule has 138 valence electrons. The molecule has 0 saturated heterocycles. The highest BCUT2D eigenvalue weighted by Crippen LogP contribution is 2.28. The first kappa shape index (κ1) is 18.7. The molecule has 5 nitrogen and oxygen atoms in total. The largest absolute Gasteiger partial charge is 0.497 e. The molecule has 3 aromatic carbocycles. The summed E-state index contributed by atoms with van der Waals surface area (Å²) in [6.45, 7) is 1.77. The third kappa shape index (κ3) is 3.71. The van der Waals surface area contributed by atoms with Crippen LogP contribution in [0.25, 0.3) is 0 Å². The lowest BCUT2D eigenvalue weighted by atomic mass is 10.1. The maximum atomic E-state index is 13.3. The van der Waals surface area contributed by atoms with Gasteiger partial charge in [0.2, 0.25) is 0 Å². The van der Waals surface area contributed by atoms with Crippen LogP contribution in [0.2, 0.25) is 0 Å². The van der Waals surface area contributed by atoms with Crippen LogP contribution in [0.15, 0.2) is 83.8 Å². The second-order valence-corrected chi connectivity index (χ2v) is 7.69. The first-order valence-electron chi connectivity index (χ1n) is 8.29. The number of ether oxygens (including phenoxy) is 1. The fourth-order valence-corrected chi connectivity index (χ4v) is 4.13. The van der Waals surface area contributed by atoms with Crippen LogP contribution in [-0.4, -0.2) is 21.4 Å². The molecule has 0 bridgehead atoms. The maximum Gasteiger partial charge on any atom is 0.272 e. The molecule has 0 radical (unpaired) electrons. The molecule has 0 N–H and O–H groups in total. The average molecular weight is 381 g/mol. The first-order valence-corrected chi connectivity index (χ1v) is 9.73. The zero-order valence-electron chi connectivity index (χ0n) is 15.0. The molecule has 0 aromatic heterocycles. The molecule has 0 heterocycles. The predicted octanol–water partition coefficient (Wildman–Crippen LogP) is 4.04. The van der Waals surface area contributed by atoms with E-state index in [9.17, 15) is 13.2 Å². The van der Waals surface area contributed by atoms with Crippen molar-refractivity contribution >= 4 is 21.6 Å².